The number of esters is 1. The van der Waals surface area contributed by atoms with Crippen molar-refractivity contribution in [3.63, 3.8) is 0 Å². The molecule has 1 atom stereocenters. The van der Waals surface area contributed by atoms with E-state index in [1.807, 2.05) is 12.1 Å². The molecule has 0 aromatic heterocycles. The average Bonchev–Trinajstić information content (AvgIpc) is 2.39. The van der Waals surface area contributed by atoms with Crippen LogP contribution in [0.3, 0.4) is 0 Å². The predicted molar refractivity (Wildman–Crippen MR) is 67.5 cm³/mol. The molecule has 1 aromatic rings. The largest absolute Gasteiger partial charge is 0.497 e. The van der Waals surface area contributed by atoms with Gasteiger partial charge in [-0.15, -0.1) is 0 Å². The molecule has 1 aromatic carbocycles. The molecule has 18 heavy (non-hydrogen) atoms. The fourth-order valence-electron chi connectivity index (χ4n) is 1.49. The van der Waals surface area contributed by atoms with Crippen LogP contribution in [0.4, 0.5) is 0 Å². The standard InChI is InChI=1S/C13H19NO4/c1-3-18-13(16)9-14-8-12(15)10-5-4-6-11(7-10)17-2/h4-7,12,14-15H,3,8-9H2,1-2H3. The maximum absolute atomic E-state index is 11.1. The number of nitrogens with one attached hydrogen (secondary N) is 1. The molecule has 0 radical (unpaired) electrons. The van der Waals surface area contributed by atoms with Crippen LogP contribution in [-0.2, 0) is 9.53 Å². The molecule has 0 aliphatic carbocycles. The van der Waals surface area contributed by atoms with Gasteiger partial charge in [0.2, 0.25) is 0 Å². The van der Waals surface area contributed by atoms with Gasteiger partial charge in [-0.2, -0.15) is 0 Å². The Morgan fingerprint density at radius 1 is 1.50 bits per heavy atom. The summed E-state index contributed by atoms with van der Waals surface area (Å²) in [5.41, 5.74) is 0.741. The van der Waals surface area contributed by atoms with Gasteiger partial charge in [0.1, 0.15) is 5.75 Å². The highest BCUT2D eigenvalue weighted by Gasteiger charge is 2.09. The molecule has 0 aliphatic rings. The van der Waals surface area contributed by atoms with Crippen LogP contribution in [0.1, 0.15) is 18.6 Å². The number of aliphatic hydroxyl groups excluding tert-OH is 1. The molecule has 0 spiro atoms. The number of hydrogen-bond acceptors (Lipinski definition) is 5. The van der Waals surface area contributed by atoms with E-state index in [-0.39, 0.29) is 19.1 Å². The number of hydrogen-bond donors (Lipinski definition) is 2. The maximum Gasteiger partial charge on any atom is 0.319 e. The summed E-state index contributed by atoms with van der Waals surface area (Å²) >= 11 is 0. The normalized spacial score (nSPS) is 11.9. The second-order valence-corrected chi connectivity index (χ2v) is 3.73. The second kappa shape index (κ2) is 7.68. The summed E-state index contributed by atoms with van der Waals surface area (Å²) in [6.07, 6.45) is -0.686. The minimum absolute atomic E-state index is 0.0921. The summed E-state index contributed by atoms with van der Waals surface area (Å²) in [6.45, 7) is 2.49. The molecule has 0 bridgehead atoms. The number of aliphatic hydroxyl groups is 1. The van der Waals surface area contributed by atoms with E-state index in [1.54, 1.807) is 26.2 Å². The second-order valence-electron chi connectivity index (χ2n) is 3.73. The third-order valence-electron chi connectivity index (χ3n) is 2.39. The Balaban J connectivity index is 2.40. The van der Waals surface area contributed by atoms with Crippen molar-refractivity contribution >= 4 is 5.97 Å². The van der Waals surface area contributed by atoms with Gasteiger partial charge in [0.05, 0.1) is 26.4 Å². The summed E-state index contributed by atoms with van der Waals surface area (Å²) in [5, 5.41) is 12.8. The minimum Gasteiger partial charge on any atom is -0.497 e. The van der Waals surface area contributed by atoms with Crippen molar-refractivity contribution in [2.45, 2.75) is 13.0 Å². The van der Waals surface area contributed by atoms with Gasteiger partial charge in [-0.1, -0.05) is 12.1 Å². The van der Waals surface area contributed by atoms with Crippen LogP contribution in [0.5, 0.6) is 5.75 Å². The highest BCUT2D eigenvalue weighted by molar-refractivity contribution is 5.71. The summed E-state index contributed by atoms with van der Waals surface area (Å²) < 4.78 is 9.84. The smallest absolute Gasteiger partial charge is 0.319 e. The summed E-state index contributed by atoms with van der Waals surface area (Å²) in [6, 6.07) is 7.18. The minimum atomic E-state index is -0.686. The first-order valence-electron chi connectivity index (χ1n) is 5.85. The lowest BCUT2D eigenvalue weighted by atomic mass is 10.1. The molecule has 0 heterocycles. The molecule has 1 rings (SSSR count). The first kappa shape index (κ1) is 14.5. The van der Waals surface area contributed by atoms with Gasteiger partial charge in [-0.3, -0.25) is 4.79 Å². The molecule has 0 fully saturated rings. The molecule has 5 nitrogen and oxygen atoms in total. The van der Waals surface area contributed by atoms with Gasteiger partial charge in [0.15, 0.2) is 0 Å². The van der Waals surface area contributed by atoms with Crippen LogP contribution in [0.25, 0.3) is 0 Å². The molecular weight excluding hydrogens is 234 g/mol. The van der Waals surface area contributed by atoms with Crippen LogP contribution in [0.2, 0.25) is 0 Å². The van der Waals surface area contributed by atoms with Crippen LogP contribution in [0, 0.1) is 0 Å². The first-order chi connectivity index (χ1) is 8.67. The zero-order chi connectivity index (χ0) is 13.4. The summed E-state index contributed by atoms with van der Waals surface area (Å²) in [7, 11) is 1.57. The number of ether oxygens (including phenoxy) is 2. The van der Waals surface area contributed by atoms with E-state index >= 15 is 0 Å². The Kier molecular flexibility index (Phi) is 6.18. The number of carbonyl (C=O) groups is 1. The highest BCUT2D eigenvalue weighted by atomic mass is 16.5. The van der Waals surface area contributed by atoms with Crippen molar-refractivity contribution in [2.75, 3.05) is 26.8 Å². The van der Waals surface area contributed by atoms with E-state index in [4.69, 9.17) is 9.47 Å². The third-order valence-corrected chi connectivity index (χ3v) is 2.39. The van der Waals surface area contributed by atoms with Crippen LogP contribution >= 0.6 is 0 Å². The lowest BCUT2D eigenvalue weighted by Crippen LogP contribution is -2.28. The van der Waals surface area contributed by atoms with Crippen molar-refractivity contribution in [3.8, 4) is 5.75 Å². The Bertz CT molecular complexity index is 381. The van der Waals surface area contributed by atoms with Gasteiger partial charge in [-0.25, -0.2) is 0 Å². The van der Waals surface area contributed by atoms with Gasteiger partial charge in [0, 0.05) is 6.54 Å². The Hall–Kier alpha value is -1.59. The Morgan fingerprint density at radius 3 is 2.94 bits per heavy atom. The SMILES string of the molecule is CCOC(=O)CNCC(O)c1cccc(OC)c1. The lowest BCUT2D eigenvalue weighted by molar-refractivity contribution is -0.142. The molecule has 100 valence electrons. The molecule has 0 saturated carbocycles. The fourth-order valence-corrected chi connectivity index (χ4v) is 1.49. The zero-order valence-electron chi connectivity index (χ0n) is 10.7. The molecule has 0 saturated heterocycles. The molecule has 0 amide bonds. The van der Waals surface area contributed by atoms with Crippen LogP contribution in [-0.4, -0.2) is 37.9 Å². The van der Waals surface area contributed by atoms with Crippen LogP contribution in [0.15, 0.2) is 24.3 Å². The topological polar surface area (TPSA) is 67.8 Å². The van der Waals surface area contributed by atoms with Gasteiger partial charge in [0.25, 0.3) is 0 Å². The first-order valence-corrected chi connectivity index (χ1v) is 5.85. The van der Waals surface area contributed by atoms with Crippen molar-refractivity contribution < 1.29 is 19.4 Å². The summed E-state index contributed by atoms with van der Waals surface area (Å²) in [4.78, 5) is 11.1. The van der Waals surface area contributed by atoms with Gasteiger partial charge < -0.3 is 19.9 Å². The Labute approximate surface area is 107 Å². The fraction of sp³-hybridized carbons (Fsp3) is 0.462. The van der Waals surface area contributed by atoms with E-state index in [1.165, 1.54) is 0 Å². The van der Waals surface area contributed by atoms with E-state index in [0.29, 0.717) is 12.4 Å². The van der Waals surface area contributed by atoms with Crippen LogP contribution < -0.4 is 10.1 Å². The van der Waals surface area contributed by atoms with E-state index < -0.39 is 6.10 Å². The number of rotatable bonds is 7. The average molecular weight is 253 g/mol. The molecular formula is C13H19NO4. The van der Waals surface area contributed by atoms with Crippen molar-refractivity contribution in [1.29, 1.82) is 0 Å². The molecule has 5 heteroatoms. The quantitative estimate of drug-likeness (QED) is 0.706. The van der Waals surface area contributed by atoms with E-state index in [9.17, 15) is 9.90 Å². The zero-order valence-corrected chi connectivity index (χ0v) is 10.7. The molecule has 0 aliphatic heterocycles. The van der Waals surface area contributed by atoms with Gasteiger partial charge >= 0.3 is 5.97 Å². The van der Waals surface area contributed by atoms with Crippen molar-refractivity contribution in [3.05, 3.63) is 29.8 Å². The predicted octanol–water partition coefficient (Wildman–Crippen LogP) is 0.881. The monoisotopic (exact) mass is 253 g/mol. The van der Waals surface area contributed by atoms with E-state index in [2.05, 4.69) is 5.32 Å². The van der Waals surface area contributed by atoms with Crippen molar-refractivity contribution in [2.24, 2.45) is 0 Å². The number of methoxy groups -OCH3 is 1. The number of benzene rings is 1. The Morgan fingerprint density at radius 2 is 2.28 bits per heavy atom. The summed E-state index contributed by atoms with van der Waals surface area (Å²) in [5.74, 6) is 0.368. The maximum atomic E-state index is 11.1. The third kappa shape index (κ3) is 4.73. The number of carbonyl (C=O) groups excluding carboxylic acids is 1. The van der Waals surface area contributed by atoms with Gasteiger partial charge in [-0.05, 0) is 24.6 Å². The molecule has 1 unspecified atom stereocenters. The highest BCUT2D eigenvalue weighted by Crippen LogP contribution is 2.18. The van der Waals surface area contributed by atoms with E-state index in [0.717, 1.165) is 5.56 Å². The lowest BCUT2D eigenvalue weighted by Gasteiger charge is -2.12. The molecule has 2 N–H and O–H groups in total. The van der Waals surface area contributed by atoms with Crippen molar-refractivity contribution in [1.82, 2.24) is 5.32 Å².